The summed E-state index contributed by atoms with van der Waals surface area (Å²) in [5.74, 6) is -0.960. The van der Waals surface area contributed by atoms with Gasteiger partial charge in [-0.2, -0.15) is 0 Å². The number of aliphatic hydroxyl groups excluding tert-OH is 2. The molecule has 0 rings (SSSR count). The van der Waals surface area contributed by atoms with Crippen molar-refractivity contribution < 1.29 is 47.8 Å². The van der Waals surface area contributed by atoms with E-state index in [1.54, 1.807) is 0 Å². The van der Waals surface area contributed by atoms with Crippen molar-refractivity contribution in [2.45, 2.75) is 154 Å². The number of aliphatic hydroxyl groups is 2. The third-order valence-corrected chi connectivity index (χ3v) is 8.25. The number of unbranched alkanes of at least 4 members (excludes halogenated alkanes) is 13. The van der Waals surface area contributed by atoms with Crippen molar-refractivity contribution in [1.29, 1.82) is 0 Å². The fourth-order valence-electron chi connectivity index (χ4n) is 4.47. The predicted octanol–water partition coefficient (Wildman–Crippen LogP) is 8.44. The highest BCUT2D eigenvalue weighted by molar-refractivity contribution is 7.47. The Labute approximate surface area is 284 Å². The molecule has 0 bridgehead atoms. The molecule has 0 saturated heterocycles. The summed E-state index contributed by atoms with van der Waals surface area (Å²) in [6, 6.07) is 0. The summed E-state index contributed by atoms with van der Waals surface area (Å²) in [6.07, 6.45) is 30.0. The second kappa shape index (κ2) is 32.7. The van der Waals surface area contributed by atoms with Gasteiger partial charge in [0.25, 0.3) is 0 Å². The Balaban J connectivity index is 4.35. The van der Waals surface area contributed by atoms with E-state index in [4.69, 9.17) is 19.1 Å². The molecule has 274 valence electrons. The second-order valence-electron chi connectivity index (χ2n) is 11.9. The topological polar surface area (TPSA) is 149 Å². The molecule has 0 amide bonds. The molecule has 0 aliphatic carbocycles. The van der Waals surface area contributed by atoms with Crippen molar-refractivity contribution in [2.75, 3.05) is 26.4 Å². The molecule has 3 atom stereocenters. The zero-order valence-electron chi connectivity index (χ0n) is 29.2. The number of carbonyl (C=O) groups excluding carboxylic acids is 2. The van der Waals surface area contributed by atoms with Gasteiger partial charge >= 0.3 is 19.8 Å². The molecule has 3 N–H and O–H groups in total. The molecular formula is C36H65O10P. The number of ether oxygens (including phenoxy) is 2. The summed E-state index contributed by atoms with van der Waals surface area (Å²) >= 11 is 0. The first-order chi connectivity index (χ1) is 22.7. The summed E-state index contributed by atoms with van der Waals surface area (Å²) in [7, 11) is -4.61. The number of carbonyl (C=O) groups is 2. The first kappa shape index (κ1) is 45.2. The van der Waals surface area contributed by atoms with Crippen LogP contribution >= 0.6 is 7.82 Å². The lowest BCUT2D eigenvalue weighted by molar-refractivity contribution is -0.161. The van der Waals surface area contributed by atoms with Gasteiger partial charge in [-0.05, 0) is 51.4 Å². The number of esters is 2. The maximum absolute atomic E-state index is 12.4. The minimum absolute atomic E-state index is 0.178. The molecule has 0 spiro atoms. The van der Waals surface area contributed by atoms with Crippen molar-refractivity contribution in [1.82, 2.24) is 0 Å². The first-order valence-electron chi connectivity index (χ1n) is 17.9. The van der Waals surface area contributed by atoms with Crippen LogP contribution in [0.15, 0.2) is 36.5 Å². The van der Waals surface area contributed by atoms with Gasteiger partial charge in [-0.25, -0.2) is 4.57 Å². The Morgan fingerprint density at radius 1 is 0.638 bits per heavy atom. The number of allylic oxidation sites excluding steroid dienone is 6. The van der Waals surface area contributed by atoms with Crippen molar-refractivity contribution in [2.24, 2.45) is 0 Å². The standard InChI is InChI=1S/C36H65O10P/c1-3-5-7-9-11-12-13-14-15-16-17-18-19-20-22-23-25-27-35(39)43-31-34(32-45-47(41,42)44-30-33(38)29-37)46-36(40)28-26-24-21-10-8-6-4-2/h11-12,14-15,17-18,33-34,37-38H,3-10,13,16,19-32H2,1-2H3,(H,41,42)/b12-11+,15-14+,18-17+/t33-,34+/m1/s1. The number of phosphoric acid groups is 1. The van der Waals surface area contributed by atoms with E-state index in [0.717, 1.165) is 57.8 Å². The molecule has 0 heterocycles. The molecule has 0 aliphatic rings. The molecule has 0 radical (unpaired) electrons. The van der Waals surface area contributed by atoms with E-state index in [1.807, 2.05) is 0 Å². The Morgan fingerprint density at radius 3 is 1.70 bits per heavy atom. The van der Waals surface area contributed by atoms with Gasteiger partial charge in [-0.1, -0.05) is 115 Å². The molecule has 0 aliphatic heterocycles. The van der Waals surface area contributed by atoms with E-state index >= 15 is 0 Å². The van der Waals surface area contributed by atoms with Crippen LogP contribution < -0.4 is 0 Å². The fourth-order valence-corrected chi connectivity index (χ4v) is 5.26. The van der Waals surface area contributed by atoms with Crippen LogP contribution in [0.25, 0.3) is 0 Å². The third kappa shape index (κ3) is 32.5. The smallest absolute Gasteiger partial charge is 0.462 e. The van der Waals surface area contributed by atoms with Gasteiger partial charge in [-0.15, -0.1) is 0 Å². The van der Waals surface area contributed by atoms with Crippen LogP contribution in [-0.4, -0.2) is 65.7 Å². The van der Waals surface area contributed by atoms with Gasteiger partial charge < -0.3 is 24.6 Å². The Kier molecular flexibility index (Phi) is 31.5. The van der Waals surface area contributed by atoms with E-state index in [1.165, 1.54) is 44.9 Å². The highest BCUT2D eigenvalue weighted by atomic mass is 31.2. The van der Waals surface area contributed by atoms with Crippen LogP contribution in [0.3, 0.4) is 0 Å². The largest absolute Gasteiger partial charge is 0.472 e. The van der Waals surface area contributed by atoms with E-state index < -0.39 is 51.8 Å². The molecule has 0 aromatic heterocycles. The maximum Gasteiger partial charge on any atom is 0.472 e. The predicted molar refractivity (Wildman–Crippen MR) is 187 cm³/mol. The minimum atomic E-state index is -4.61. The molecule has 0 aromatic carbocycles. The quantitative estimate of drug-likeness (QED) is 0.0265. The van der Waals surface area contributed by atoms with E-state index in [0.29, 0.717) is 12.8 Å². The van der Waals surface area contributed by atoms with Gasteiger partial charge in [0.2, 0.25) is 0 Å². The summed E-state index contributed by atoms with van der Waals surface area (Å²) in [5.41, 5.74) is 0. The maximum atomic E-state index is 12.4. The van der Waals surface area contributed by atoms with E-state index in [-0.39, 0.29) is 19.4 Å². The normalized spacial score (nSPS) is 14.6. The molecule has 0 saturated carbocycles. The molecule has 10 nitrogen and oxygen atoms in total. The zero-order chi connectivity index (χ0) is 34.9. The zero-order valence-corrected chi connectivity index (χ0v) is 30.1. The van der Waals surface area contributed by atoms with E-state index in [2.05, 4.69) is 54.8 Å². The van der Waals surface area contributed by atoms with Crippen molar-refractivity contribution in [3.8, 4) is 0 Å². The molecule has 0 fully saturated rings. The summed E-state index contributed by atoms with van der Waals surface area (Å²) in [5, 5.41) is 18.2. The summed E-state index contributed by atoms with van der Waals surface area (Å²) < 4.78 is 32.4. The molecule has 11 heteroatoms. The second-order valence-corrected chi connectivity index (χ2v) is 13.4. The van der Waals surface area contributed by atoms with Gasteiger partial charge in [0.15, 0.2) is 6.10 Å². The van der Waals surface area contributed by atoms with Crippen molar-refractivity contribution >= 4 is 19.8 Å². The van der Waals surface area contributed by atoms with Gasteiger partial charge in [0, 0.05) is 12.8 Å². The average molecular weight is 689 g/mol. The fraction of sp³-hybridized carbons (Fsp3) is 0.778. The Hall–Kier alpha value is -1.81. The summed E-state index contributed by atoms with van der Waals surface area (Å²) in [6.45, 7) is 2.24. The minimum Gasteiger partial charge on any atom is -0.462 e. The SMILES string of the molecule is CCCCC/C=C/C/C=C/C/C=C/CCCCCCC(=O)OC[C@@H](COP(=O)(O)OC[C@H](O)CO)OC(=O)CCCCCCCCC. The van der Waals surface area contributed by atoms with E-state index in [9.17, 15) is 24.2 Å². The van der Waals surface area contributed by atoms with Crippen molar-refractivity contribution in [3.63, 3.8) is 0 Å². The van der Waals surface area contributed by atoms with Gasteiger partial charge in [0.05, 0.1) is 19.8 Å². The molecule has 47 heavy (non-hydrogen) atoms. The summed E-state index contributed by atoms with van der Waals surface area (Å²) in [4.78, 5) is 34.6. The third-order valence-electron chi connectivity index (χ3n) is 7.30. The first-order valence-corrected chi connectivity index (χ1v) is 19.4. The highest BCUT2D eigenvalue weighted by Crippen LogP contribution is 2.43. The lowest BCUT2D eigenvalue weighted by Crippen LogP contribution is -2.29. The number of phosphoric ester groups is 1. The monoisotopic (exact) mass is 688 g/mol. The molecule has 1 unspecified atom stereocenters. The van der Waals surface area contributed by atoms with Gasteiger partial charge in [0.1, 0.15) is 12.7 Å². The number of hydrogen-bond donors (Lipinski definition) is 3. The lowest BCUT2D eigenvalue weighted by Gasteiger charge is -2.20. The lowest BCUT2D eigenvalue weighted by atomic mass is 10.1. The van der Waals surface area contributed by atoms with Crippen LogP contribution in [0.4, 0.5) is 0 Å². The molecule has 0 aromatic rings. The Morgan fingerprint density at radius 2 is 1.11 bits per heavy atom. The van der Waals surface area contributed by atoms with Crippen LogP contribution in [0.5, 0.6) is 0 Å². The Bertz CT molecular complexity index is 889. The average Bonchev–Trinajstić information content (AvgIpc) is 3.05. The number of hydrogen-bond acceptors (Lipinski definition) is 9. The van der Waals surface area contributed by atoms with Crippen molar-refractivity contribution in [3.05, 3.63) is 36.5 Å². The van der Waals surface area contributed by atoms with Crippen LogP contribution in [0, 0.1) is 0 Å². The van der Waals surface area contributed by atoms with Crippen LogP contribution in [-0.2, 0) is 32.7 Å². The van der Waals surface area contributed by atoms with Crippen LogP contribution in [0.2, 0.25) is 0 Å². The number of rotatable bonds is 33. The highest BCUT2D eigenvalue weighted by Gasteiger charge is 2.27. The molecular weight excluding hydrogens is 623 g/mol. The van der Waals surface area contributed by atoms with Gasteiger partial charge in [-0.3, -0.25) is 18.6 Å². The van der Waals surface area contributed by atoms with Crippen LogP contribution in [0.1, 0.15) is 142 Å².